The number of hydrogen-bond donors (Lipinski definition) is 2. The van der Waals surface area contributed by atoms with Crippen molar-refractivity contribution in [1.82, 2.24) is 19.5 Å². The lowest BCUT2D eigenvalue weighted by Crippen LogP contribution is -2.33. The third-order valence-electron chi connectivity index (χ3n) is 4.36. The van der Waals surface area contributed by atoms with E-state index in [1.165, 1.54) is 28.2 Å². The summed E-state index contributed by atoms with van der Waals surface area (Å²) in [6.45, 7) is 0.500. The van der Waals surface area contributed by atoms with Gasteiger partial charge in [0.25, 0.3) is 0 Å². The number of halogens is 4. The molecule has 0 spiro atoms. The number of thiazole rings is 1. The molecule has 156 valence electrons. The molecular weight excluding hydrogens is 420 g/mol. The summed E-state index contributed by atoms with van der Waals surface area (Å²) < 4.78 is 52.5. The van der Waals surface area contributed by atoms with Crippen LogP contribution < -0.4 is 11.1 Å². The zero-order valence-electron chi connectivity index (χ0n) is 15.4. The van der Waals surface area contributed by atoms with E-state index in [0.717, 1.165) is 33.7 Å². The molecule has 1 aromatic carbocycles. The van der Waals surface area contributed by atoms with Crippen LogP contribution in [0.25, 0.3) is 21.2 Å². The molecule has 3 heterocycles. The van der Waals surface area contributed by atoms with Gasteiger partial charge in [-0.3, -0.25) is 0 Å². The topological polar surface area (TPSA) is 81.6 Å². The van der Waals surface area contributed by atoms with Crippen LogP contribution in [0.5, 0.6) is 0 Å². The number of fused-ring (bicyclic) bond motifs is 1. The maximum Gasteiger partial charge on any atom is 0.434 e. The number of nitrogens with one attached hydrogen (secondary N) is 1. The Kier molecular flexibility index (Phi) is 5.39. The summed E-state index contributed by atoms with van der Waals surface area (Å²) in [4.78, 5) is 12.2. The van der Waals surface area contributed by atoms with Crippen LogP contribution in [0.3, 0.4) is 0 Å². The van der Waals surface area contributed by atoms with Crippen LogP contribution in [0.4, 0.5) is 22.7 Å². The zero-order valence-corrected chi connectivity index (χ0v) is 16.2. The summed E-state index contributed by atoms with van der Waals surface area (Å²) in [5.41, 5.74) is 5.95. The van der Waals surface area contributed by atoms with E-state index in [2.05, 4.69) is 20.3 Å². The first-order chi connectivity index (χ1) is 14.3. The van der Waals surface area contributed by atoms with Crippen LogP contribution in [-0.2, 0) is 12.7 Å². The van der Waals surface area contributed by atoms with E-state index in [0.29, 0.717) is 11.7 Å². The molecule has 4 aromatic rings. The summed E-state index contributed by atoms with van der Waals surface area (Å²) in [6, 6.07) is 6.56. The van der Waals surface area contributed by atoms with E-state index in [4.69, 9.17) is 5.73 Å². The Morgan fingerprint density at radius 3 is 2.70 bits per heavy atom. The summed E-state index contributed by atoms with van der Waals surface area (Å²) in [5, 5.41) is 5.30. The van der Waals surface area contributed by atoms with Crippen molar-refractivity contribution in [2.45, 2.75) is 18.8 Å². The second kappa shape index (κ2) is 8.00. The fourth-order valence-corrected chi connectivity index (χ4v) is 3.74. The van der Waals surface area contributed by atoms with Gasteiger partial charge in [-0.1, -0.05) is 23.5 Å². The number of pyridine rings is 1. The van der Waals surface area contributed by atoms with Crippen LogP contribution in [0, 0.1) is 5.95 Å². The Balaban J connectivity index is 1.38. The van der Waals surface area contributed by atoms with Gasteiger partial charge >= 0.3 is 6.18 Å². The van der Waals surface area contributed by atoms with Gasteiger partial charge in [0.05, 0.1) is 11.2 Å². The summed E-state index contributed by atoms with van der Waals surface area (Å²) in [6.07, 6.45) is 0.744. The molecule has 0 aliphatic carbocycles. The molecule has 6 nitrogen and oxygen atoms in total. The van der Waals surface area contributed by atoms with Gasteiger partial charge in [-0.05, 0) is 17.0 Å². The molecule has 0 amide bonds. The van der Waals surface area contributed by atoms with Crippen LogP contribution in [0.1, 0.15) is 5.69 Å². The maximum absolute atomic E-state index is 13.4. The molecule has 1 atom stereocenters. The van der Waals surface area contributed by atoms with Gasteiger partial charge in [-0.2, -0.15) is 17.6 Å². The standard InChI is InChI=1S/C19H16F4N6S/c20-17-4-13-3-11(1-2-12(13)5-25-17)15-7-27-18(30-15)26-6-14(24)8-29-9-16(28-10-29)19(21,22)23/h1-5,7,9-10,14H,6,8,24H2,(H,26,27). The Labute approximate surface area is 172 Å². The minimum absolute atomic E-state index is 0.179. The van der Waals surface area contributed by atoms with E-state index in [-0.39, 0.29) is 6.54 Å². The molecule has 0 aliphatic rings. The lowest BCUT2D eigenvalue weighted by Gasteiger charge is -2.12. The van der Waals surface area contributed by atoms with Crippen LogP contribution >= 0.6 is 11.3 Å². The Bertz CT molecular complexity index is 1170. The van der Waals surface area contributed by atoms with Crippen LogP contribution in [-0.4, -0.2) is 32.1 Å². The Morgan fingerprint density at radius 1 is 1.10 bits per heavy atom. The minimum Gasteiger partial charge on any atom is -0.360 e. The first-order valence-electron chi connectivity index (χ1n) is 8.88. The van der Waals surface area contributed by atoms with Crippen molar-refractivity contribution in [2.24, 2.45) is 5.73 Å². The quantitative estimate of drug-likeness (QED) is 0.351. The van der Waals surface area contributed by atoms with E-state index in [1.54, 1.807) is 6.20 Å². The molecule has 3 N–H and O–H groups in total. The third kappa shape index (κ3) is 4.57. The molecule has 11 heteroatoms. The van der Waals surface area contributed by atoms with Gasteiger partial charge in [0.1, 0.15) is 0 Å². The first-order valence-corrected chi connectivity index (χ1v) is 9.69. The monoisotopic (exact) mass is 436 g/mol. The summed E-state index contributed by atoms with van der Waals surface area (Å²) in [7, 11) is 0. The van der Waals surface area contributed by atoms with Gasteiger partial charge < -0.3 is 15.6 Å². The van der Waals surface area contributed by atoms with E-state index < -0.39 is 23.9 Å². The van der Waals surface area contributed by atoms with Gasteiger partial charge in [0.15, 0.2) is 10.8 Å². The van der Waals surface area contributed by atoms with Crippen molar-refractivity contribution < 1.29 is 17.6 Å². The van der Waals surface area contributed by atoms with E-state index >= 15 is 0 Å². The molecule has 0 aliphatic heterocycles. The number of anilines is 1. The molecule has 30 heavy (non-hydrogen) atoms. The van der Waals surface area contributed by atoms with Gasteiger partial charge in [0, 0.05) is 49.2 Å². The number of imidazole rings is 1. The summed E-state index contributed by atoms with van der Waals surface area (Å²) in [5.74, 6) is -0.541. The van der Waals surface area contributed by atoms with Crippen molar-refractivity contribution >= 4 is 27.2 Å². The van der Waals surface area contributed by atoms with Crippen molar-refractivity contribution in [3.8, 4) is 10.4 Å². The predicted octanol–water partition coefficient (Wildman–Crippen LogP) is 4.15. The smallest absolute Gasteiger partial charge is 0.360 e. The van der Waals surface area contributed by atoms with Gasteiger partial charge in [-0.25, -0.2) is 15.0 Å². The average molecular weight is 436 g/mol. The zero-order chi connectivity index (χ0) is 21.3. The fourth-order valence-electron chi connectivity index (χ4n) is 2.92. The second-order valence-corrected chi connectivity index (χ2v) is 7.72. The molecule has 1 unspecified atom stereocenters. The Hall–Kier alpha value is -3.05. The largest absolute Gasteiger partial charge is 0.434 e. The number of benzene rings is 1. The fraction of sp³-hybridized carbons (Fsp3) is 0.211. The predicted molar refractivity (Wildman–Crippen MR) is 107 cm³/mol. The number of hydrogen-bond acceptors (Lipinski definition) is 6. The third-order valence-corrected chi connectivity index (χ3v) is 5.37. The van der Waals surface area contributed by atoms with Crippen molar-refractivity contribution in [2.75, 3.05) is 11.9 Å². The highest BCUT2D eigenvalue weighted by atomic mass is 32.1. The normalized spacial score (nSPS) is 13.0. The van der Waals surface area contributed by atoms with E-state index in [9.17, 15) is 17.6 Å². The minimum atomic E-state index is -4.48. The maximum atomic E-state index is 13.4. The average Bonchev–Trinajstić information content (AvgIpc) is 3.35. The van der Waals surface area contributed by atoms with Gasteiger partial charge in [0.2, 0.25) is 5.95 Å². The lowest BCUT2D eigenvalue weighted by molar-refractivity contribution is -0.141. The number of alkyl halides is 3. The van der Waals surface area contributed by atoms with Crippen LogP contribution in [0.2, 0.25) is 0 Å². The molecule has 4 rings (SSSR count). The molecule has 3 aromatic heterocycles. The number of nitrogens with zero attached hydrogens (tertiary/aromatic N) is 4. The molecule has 0 saturated carbocycles. The van der Waals surface area contributed by atoms with Crippen molar-refractivity contribution in [3.05, 3.63) is 60.8 Å². The lowest BCUT2D eigenvalue weighted by atomic mass is 10.1. The SMILES string of the molecule is NC(CNc1ncc(-c2ccc3cnc(F)cc3c2)s1)Cn1cnc(C(F)(F)F)c1. The van der Waals surface area contributed by atoms with E-state index in [1.807, 2.05) is 18.2 Å². The highest BCUT2D eigenvalue weighted by Crippen LogP contribution is 2.31. The first kappa shape index (κ1) is 20.2. The molecule has 0 saturated heterocycles. The molecule has 0 fully saturated rings. The summed E-state index contributed by atoms with van der Waals surface area (Å²) >= 11 is 1.40. The van der Waals surface area contributed by atoms with Crippen molar-refractivity contribution in [3.63, 3.8) is 0 Å². The molecular formula is C19H16F4N6S. The number of aromatic nitrogens is 4. The highest BCUT2D eigenvalue weighted by molar-refractivity contribution is 7.18. The molecule has 0 radical (unpaired) electrons. The number of rotatable bonds is 6. The Morgan fingerprint density at radius 2 is 1.93 bits per heavy atom. The van der Waals surface area contributed by atoms with Gasteiger partial charge in [-0.15, -0.1) is 0 Å². The second-order valence-electron chi connectivity index (χ2n) is 6.69. The number of nitrogens with two attached hydrogens (primary N) is 1. The molecule has 0 bridgehead atoms. The highest BCUT2D eigenvalue weighted by Gasteiger charge is 2.33. The van der Waals surface area contributed by atoms with Crippen molar-refractivity contribution in [1.29, 1.82) is 0 Å². The van der Waals surface area contributed by atoms with Crippen LogP contribution in [0.15, 0.2) is 49.2 Å².